The van der Waals surface area contributed by atoms with Gasteiger partial charge in [0.25, 0.3) is 0 Å². The van der Waals surface area contributed by atoms with E-state index < -0.39 is 5.60 Å². The molecule has 2 aliphatic carbocycles. The normalized spacial score (nSPS) is 26.2. The van der Waals surface area contributed by atoms with Crippen LogP contribution >= 0.6 is 0 Å². The van der Waals surface area contributed by atoms with Gasteiger partial charge < -0.3 is 4.74 Å². The molecule has 0 spiro atoms. The average Bonchev–Trinajstić information content (AvgIpc) is 3.17. The predicted molar refractivity (Wildman–Crippen MR) is 74.9 cm³/mol. The average molecular weight is 269 g/mol. The lowest BCUT2D eigenvalue weighted by Crippen LogP contribution is -2.42. The summed E-state index contributed by atoms with van der Waals surface area (Å²) in [7, 11) is 0. The Morgan fingerprint density at radius 1 is 1.45 bits per heavy atom. The Morgan fingerprint density at radius 3 is 2.80 bits per heavy atom. The minimum absolute atomic E-state index is 0.00716. The first-order chi connectivity index (χ1) is 9.65. The standard InChI is InChI=1S/C17H19NO2/c1-12-5-2-3-6-13(12)14-11-15(14)16(19)20-17(9-10-18)7-4-8-17/h2-3,5-6,14-15H,4,7-9,11H2,1H3/t14-,15-/m1/s1. The number of benzene rings is 1. The van der Waals surface area contributed by atoms with E-state index in [4.69, 9.17) is 10.00 Å². The van der Waals surface area contributed by atoms with Crippen molar-refractivity contribution in [3.05, 3.63) is 35.4 Å². The van der Waals surface area contributed by atoms with Gasteiger partial charge in [0, 0.05) is 0 Å². The van der Waals surface area contributed by atoms with Crippen LogP contribution in [0.3, 0.4) is 0 Å². The Morgan fingerprint density at radius 2 is 2.20 bits per heavy atom. The van der Waals surface area contributed by atoms with Crippen LogP contribution in [0.1, 0.15) is 49.1 Å². The lowest BCUT2D eigenvalue weighted by Gasteiger charge is -2.39. The number of hydrogen-bond donors (Lipinski definition) is 0. The van der Waals surface area contributed by atoms with E-state index in [1.165, 1.54) is 11.1 Å². The highest BCUT2D eigenvalue weighted by Crippen LogP contribution is 2.50. The van der Waals surface area contributed by atoms with E-state index in [0.717, 1.165) is 25.7 Å². The van der Waals surface area contributed by atoms with Gasteiger partial charge in [-0.3, -0.25) is 4.79 Å². The Kier molecular flexibility index (Phi) is 3.25. The molecule has 0 bridgehead atoms. The van der Waals surface area contributed by atoms with Crippen molar-refractivity contribution in [1.82, 2.24) is 0 Å². The number of nitriles is 1. The van der Waals surface area contributed by atoms with E-state index in [1.807, 2.05) is 12.1 Å². The van der Waals surface area contributed by atoms with Gasteiger partial charge in [-0.25, -0.2) is 0 Å². The molecule has 3 heteroatoms. The minimum Gasteiger partial charge on any atom is -0.458 e. The molecule has 2 saturated carbocycles. The van der Waals surface area contributed by atoms with Crippen LogP contribution in [0.25, 0.3) is 0 Å². The number of nitrogens with zero attached hydrogens (tertiary/aromatic N) is 1. The molecule has 3 nitrogen and oxygen atoms in total. The van der Waals surface area contributed by atoms with Crippen LogP contribution < -0.4 is 0 Å². The van der Waals surface area contributed by atoms with E-state index in [0.29, 0.717) is 12.3 Å². The summed E-state index contributed by atoms with van der Waals surface area (Å²) in [6.45, 7) is 2.08. The summed E-state index contributed by atoms with van der Waals surface area (Å²) in [5.74, 6) is 0.198. The van der Waals surface area contributed by atoms with Crippen LogP contribution in [0, 0.1) is 24.2 Å². The molecular weight excluding hydrogens is 250 g/mol. The quantitative estimate of drug-likeness (QED) is 0.786. The minimum atomic E-state index is -0.468. The van der Waals surface area contributed by atoms with Gasteiger partial charge in [0.05, 0.1) is 18.4 Å². The number of ether oxygens (including phenoxy) is 1. The van der Waals surface area contributed by atoms with Crippen LogP contribution in [0.4, 0.5) is 0 Å². The van der Waals surface area contributed by atoms with Gasteiger partial charge in [0.1, 0.15) is 5.60 Å². The third-order valence-electron chi connectivity index (χ3n) is 4.66. The fraction of sp³-hybridized carbons (Fsp3) is 0.529. The molecule has 0 N–H and O–H groups in total. The van der Waals surface area contributed by atoms with Gasteiger partial charge in [-0.1, -0.05) is 24.3 Å². The first-order valence-corrected chi connectivity index (χ1v) is 7.30. The zero-order valence-corrected chi connectivity index (χ0v) is 11.8. The first-order valence-electron chi connectivity index (χ1n) is 7.30. The van der Waals surface area contributed by atoms with E-state index in [1.54, 1.807) is 0 Å². The third kappa shape index (κ3) is 2.31. The lowest BCUT2D eigenvalue weighted by atomic mass is 9.78. The van der Waals surface area contributed by atoms with Gasteiger partial charge in [0.15, 0.2) is 0 Å². The summed E-state index contributed by atoms with van der Waals surface area (Å²) in [5.41, 5.74) is 2.03. The van der Waals surface area contributed by atoms with Gasteiger partial charge >= 0.3 is 5.97 Å². The Balaban J connectivity index is 1.64. The van der Waals surface area contributed by atoms with E-state index in [2.05, 4.69) is 25.1 Å². The lowest BCUT2D eigenvalue weighted by molar-refractivity contribution is -0.170. The number of aryl methyl sites for hydroxylation is 1. The molecule has 0 aromatic heterocycles. The monoisotopic (exact) mass is 269 g/mol. The molecule has 2 atom stereocenters. The van der Waals surface area contributed by atoms with Crippen LogP contribution in [0.15, 0.2) is 24.3 Å². The van der Waals surface area contributed by atoms with Crippen LogP contribution in [-0.2, 0) is 9.53 Å². The highest BCUT2D eigenvalue weighted by molar-refractivity contribution is 5.78. The molecule has 104 valence electrons. The summed E-state index contributed by atoms with van der Waals surface area (Å²) in [6, 6.07) is 10.4. The summed E-state index contributed by atoms with van der Waals surface area (Å²) in [6.07, 6.45) is 3.95. The maximum absolute atomic E-state index is 12.3. The number of hydrogen-bond acceptors (Lipinski definition) is 3. The molecule has 0 amide bonds. The number of carbonyl (C=O) groups is 1. The van der Waals surface area contributed by atoms with E-state index >= 15 is 0 Å². The molecule has 0 unspecified atom stereocenters. The van der Waals surface area contributed by atoms with E-state index in [9.17, 15) is 4.79 Å². The Labute approximate surface area is 119 Å². The number of rotatable bonds is 4. The maximum Gasteiger partial charge on any atom is 0.310 e. The number of carbonyl (C=O) groups excluding carboxylic acids is 1. The second kappa shape index (κ2) is 4.94. The summed E-state index contributed by atoms with van der Waals surface area (Å²) in [5, 5.41) is 8.86. The largest absolute Gasteiger partial charge is 0.458 e. The molecule has 1 aromatic carbocycles. The summed E-state index contributed by atoms with van der Waals surface area (Å²) < 4.78 is 5.67. The van der Waals surface area contributed by atoms with Crippen molar-refractivity contribution in [2.24, 2.45) is 5.92 Å². The second-order valence-electron chi connectivity index (χ2n) is 6.10. The molecule has 20 heavy (non-hydrogen) atoms. The molecular formula is C17H19NO2. The second-order valence-corrected chi connectivity index (χ2v) is 6.10. The molecule has 0 heterocycles. The zero-order valence-electron chi connectivity index (χ0n) is 11.8. The van der Waals surface area contributed by atoms with Crippen molar-refractivity contribution in [2.45, 2.75) is 50.5 Å². The van der Waals surface area contributed by atoms with Gasteiger partial charge in [-0.05, 0) is 49.7 Å². The van der Waals surface area contributed by atoms with Crippen LogP contribution in [0.2, 0.25) is 0 Å². The van der Waals surface area contributed by atoms with Gasteiger partial charge in [-0.2, -0.15) is 5.26 Å². The maximum atomic E-state index is 12.3. The highest BCUT2D eigenvalue weighted by Gasteiger charge is 2.49. The molecule has 0 radical (unpaired) electrons. The summed E-state index contributed by atoms with van der Waals surface area (Å²) in [4.78, 5) is 12.3. The molecule has 0 saturated heterocycles. The van der Waals surface area contributed by atoms with Crippen LogP contribution in [-0.4, -0.2) is 11.6 Å². The SMILES string of the molecule is Cc1ccccc1[C@H]1C[C@H]1C(=O)OC1(CC#N)CCC1. The van der Waals surface area contributed by atoms with Crippen molar-refractivity contribution in [2.75, 3.05) is 0 Å². The molecule has 0 aliphatic heterocycles. The van der Waals surface area contributed by atoms with Crippen molar-refractivity contribution < 1.29 is 9.53 Å². The fourth-order valence-electron chi connectivity index (χ4n) is 3.12. The van der Waals surface area contributed by atoms with Crippen LogP contribution in [0.5, 0.6) is 0 Å². The topological polar surface area (TPSA) is 50.1 Å². The van der Waals surface area contributed by atoms with Crippen molar-refractivity contribution >= 4 is 5.97 Å². The third-order valence-corrected chi connectivity index (χ3v) is 4.66. The fourth-order valence-corrected chi connectivity index (χ4v) is 3.12. The van der Waals surface area contributed by atoms with Crippen molar-refractivity contribution in [1.29, 1.82) is 5.26 Å². The first kappa shape index (κ1) is 13.2. The molecule has 3 rings (SSSR count). The van der Waals surface area contributed by atoms with Crippen molar-refractivity contribution in [3.63, 3.8) is 0 Å². The van der Waals surface area contributed by atoms with Gasteiger partial charge in [-0.15, -0.1) is 0 Å². The Hall–Kier alpha value is -1.82. The summed E-state index contributed by atoms with van der Waals surface area (Å²) >= 11 is 0. The molecule has 2 aliphatic rings. The number of esters is 1. The zero-order chi connectivity index (χ0) is 14.2. The highest BCUT2D eigenvalue weighted by atomic mass is 16.6. The predicted octanol–water partition coefficient (Wildman–Crippen LogP) is 3.48. The van der Waals surface area contributed by atoms with Gasteiger partial charge in [0.2, 0.25) is 0 Å². The smallest absolute Gasteiger partial charge is 0.310 e. The van der Waals surface area contributed by atoms with Crippen molar-refractivity contribution in [3.8, 4) is 6.07 Å². The molecule has 2 fully saturated rings. The molecule has 1 aromatic rings. The Bertz CT molecular complexity index is 569. The van der Waals surface area contributed by atoms with E-state index in [-0.39, 0.29) is 11.9 Å².